The van der Waals surface area contributed by atoms with Gasteiger partial charge in [-0.3, -0.25) is 4.90 Å². The number of hydrogen-bond donors (Lipinski definition) is 0. The lowest BCUT2D eigenvalue weighted by Gasteiger charge is -2.53. The van der Waals surface area contributed by atoms with Crippen molar-refractivity contribution in [2.45, 2.75) is 51.4 Å². The Bertz CT molecular complexity index is 1040. The molecule has 3 aliphatic heterocycles. The third-order valence-corrected chi connectivity index (χ3v) is 7.61. The van der Waals surface area contributed by atoms with Gasteiger partial charge >= 0.3 is 0 Å². The monoisotopic (exact) mass is 445 g/mol. The highest BCUT2D eigenvalue weighted by molar-refractivity contribution is 6.31. The maximum absolute atomic E-state index is 6.80. The third-order valence-electron chi connectivity index (χ3n) is 7.26. The van der Waals surface area contributed by atoms with E-state index in [1.54, 1.807) is 0 Å². The molecule has 0 aliphatic carbocycles. The number of aryl methyl sites for hydroxylation is 2. The summed E-state index contributed by atoms with van der Waals surface area (Å²) in [4.78, 5) is 2.66. The summed E-state index contributed by atoms with van der Waals surface area (Å²) < 4.78 is 6.80. The summed E-state index contributed by atoms with van der Waals surface area (Å²) in [6.45, 7) is 7.28. The van der Waals surface area contributed by atoms with E-state index in [9.17, 15) is 0 Å². The lowest BCUT2D eigenvalue weighted by Crippen LogP contribution is -2.60. The molecule has 1 unspecified atom stereocenters. The number of piperidine rings is 3. The van der Waals surface area contributed by atoms with E-state index < -0.39 is 0 Å². The maximum atomic E-state index is 6.80. The van der Waals surface area contributed by atoms with Crippen LogP contribution in [0, 0.1) is 19.8 Å². The molecule has 6 rings (SSSR count). The van der Waals surface area contributed by atoms with E-state index in [0.29, 0.717) is 12.5 Å². The van der Waals surface area contributed by atoms with Crippen LogP contribution in [0.5, 0.6) is 0 Å². The third kappa shape index (κ3) is 4.37. The molecule has 3 aliphatic rings. The summed E-state index contributed by atoms with van der Waals surface area (Å²) in [7, 11) is 0. The van der Waals surface area contributed by atoms with E-state index in [1.165, 1.54) is 40.7 Å². The standard InChI is InChI=1S/C29H32ClNO/c1-20-16-21(2)18-22(17-20)19-32-29-24-12-14-31(15-13-24)28(29)27(23-8-4-3-5-9-23)25-10-6-7-11-26(25)30/h3-11,16-18,24,27-29H,12-15,19H2,1-2H3/t27?,28-,29-/m1/s1. The van der Waals surface area contributed by atoms with E-state index in [1.807, 2.05) is 12.1 Å². The van der Waals surface area contributed by atoms with Crippen molar-refractivity contribution in [2.75, 3.05) is 13.1 Å². The van der Waals surface area contributed by atoms with Crippen molar-refractivity contribution >= 4 is 11.6 Å². The molecule has 0 aromatic heterocycles. The first-order chi connectivity index (χ1) is 15.6. The number of ether oxygens (including phenoxy) is 1. The zero-order valence-corrected chi connectivity index (χ0v) is 19.8. The Morgan fingerprint density at radius 2 is 1.56 bits per heavy atom. The van der Waals surface area contributed by atoms with Crippen LogP contribution in [0.4, 0.5) is 0 Å². The molecule has 0 spiro atoms. The lowest BCUT2D eigenvalue weighted by atomic mass is 9.72. The van der Waals surface area contributed by atoms with Crippen LogP contribution in [-0.4, -0.2) is 30.1 Å². The fourth-order valence-electron chi connectivity index (χ4n) is 5.96. The van der Waals surface area contributed by atoms with Crippen molar-refractivity contribution in [3.05, 3.63) is 106 Å². The van der Waals surface area contributed by atoms with E-state index >= 15 is 0 Å². The summed E-state index contributed by atoms with van der Waals surface area (Å²) in [6.07, 6.45) is 2.63. The highest BCUT2D eigenvalue weighted by atomic mass is 35.5. The molecule has 3 heterocycles. The predicted molar refractivity (Wildman–Crippen MR) is 132 cm³/mol. The number of rotatable bonds is 6. The molecule has 3 saturated heterocycles. The first-order valence-corrected chi connectivity index (χ1v) is 12.2. The minimum absolute atomic E-state index is 0.192. The summed E-state index contributed by atoms with van der Waals surface area (Å²) in [5.74, 6) is 0.793. The number of halogens is 1. The van der Waals surface area contributed by atoms with Gasteiger partial charge in [0.15, 0.2) is 0 Å². The molecule has 3 heteroatoms. The molecule has 3 aromatic rings. The van der Waals surface area contributed by atoms with Gasteiger partial charge in [0.25, 0.3) is 0 Å². The van der Waals surface area contributed by atoms with Crippen LogP contribution < -0.4 is 0 Å². The van der Waals surface area contributed by atoms with Gasteiger partial charge in [-0.05, 0) is 68.5 Å². The smallest absolute Gasteiger partial charge is 0.0773 e. The van der Waals surface area contributed by atoms with Crippen molar-refractivity contribution in [3.8, 4) is 0 Å². The molecule has 2 nitrogen and oxygen atoms in total. The number of hydrogen-bond acceptors (Lipinski definition) is 2. The summed E-state index contributed by atoms with van der Waals surface area (Å²) in [6, 6.07) is 26.2. The molecule has 2 bridgehead atoms. The fourth-order valence-corrected chi connectivity index (χ4v) is 6.21. The van der Waals surface area contributed by atoms with Crippen molar-refractivity contribution in [2.24, 2.45) is 5.92 Å². The van der Waals surface area contributed by atoms with Crippen molar-refractivity contribution < 1.29 is 4.74 Å². The molecule has 3 fully saturated rings. The Morgan fingerprint density at radius 1 is 0.906 bits per heavy atom. The Morgan fingerprint density at radius 3 is 2.25 bits per heavy atom. The van der Waals surface area contributed by atoms with Gasteiger partial charge in [-0.25, -0.2) is 0 Å². The molecule has 3 atom stereocenters. The zero-order chi connectivity index (χ0) is 22.1. The zero-order valence-electron chi connectivity index (χ0n) is 19.0. The fraction of sp³-hybridized carbons (Fsp3) is 0.379. The maximum Gasteiger partial charge on any atom is 0.0773 e. The van der Waals surface area contributed by atoms with Crippen LogP contribution in [0.2, 0.25) is 5.02 Å². The average Bonchev–Trinajstić information content (AvgIpc) is 2.80. The first-order valence-electron chi connectivity index (χ1n) is 11.8. The van der Waals surface area contributed by atoms with Crippen molar-refractivity contribution in [1.82, 2.24) is 4.90 Å². The highest BCUT2D eigenvalue weighted by Gasteiger charge is 2.47. The molecule has 32 heavy (non-hydrogen) atoms. The minimum Gasteiger partial charge on any atom is -0.372 e. The van der Waals surface area contributed by atoms with Crippen LogP contribution in [0.1, 0.15) is 46.6 Å². The number of benzene rings is 3. The molecule has 0 radical (unpaired) electrons. The molecule has 0 N–H and O–H groups in total. The van der Waals surface area contributed by atoms with E-state index in [-0.39, 0.29) is 18.1 Å². The second kappa shape index (κ2) is 9.39. The van der Waals surface area contributed by atoms with Gasteiger partial charge in [-0.1, -0.05) is 89.5 Å². The van der Waals surface area contributed by atoms with Gasteiger partial charge in [0, 0.05) is 17.0 Å². The molecule has 0 saturated carbocycles. The van der Waals surface area contributed by atoms with Crippen molar-refractivity contribution in [3.63, 3.8) is 0 Å². The first kappa shape index (κ1) is 21.7. The molecule has 0 amide bonds. The topological polar surface area (TPSA) is 12.5 Å². The Labute approximate surface area is 197 Å². The van der Waals surface area contributed by atoms with Crippen LogP contribution in [-0.2, 0) is 11.3 Å². The van der Waals surface area contributed by atoms with Gasteiger partial charge in [0.2, 0.25) is 0 Å². The number of nitrogens with zero attached hydrogens (tertiary/aromatic N) is 1. The van der Waals surface area contributed by atoms with E-state index in [4.69, 9.17) is 16.3 Å². The second-order valence-electron chi connectivity index (χ2n) is 9.55. The predicted octanol–water partition coefficient (Wildman–Crippen LogP) is 6.77. The molecule has 166 valence electrons. The van der Waals surface area contributed by atoms with Crippen molar-refractivity contribution in [1.29, 1.82) is 0 Å². The molecular formula is C29H32ClNO. The SMILES string of the molecule is Cc1cc(C)cc(CO[C@@H]2C3CCN(CC3)[C@@H]2C(c2ccccc2)c2ccccc2Cl)c1. The normalized spacial score (nSPS) is 25.6. The Hall–Kier alpha value is -2.13. The largest absolute Gasteiger partial charge is 0.372 e. The minimum atomic E-state index is 0.192. The van der Waals surface area contributed by atoms with Gasteiger partial charge in [0.05, 0.1) is 12.7 Å². The lowest BCUT2D eigenvalue weighted by molar-refractivity contribution is -0.120. The number of fused-ring (bicyclic) bond motifs is 3. The van der Waals surface area contributed by atoms with Crippen LogP contribution in [0.25, 0.3) is 0 Å². The van der Waals surface area contributed by atoms with E-state index in [0.717, 1.165) is 18.1 Å². The Balaban J connectivity index is 1.51. The van der Waals surface area contributed by atoms with Gasteiger partial charge in [-0.2, -0.15) is 0 Å². The van der Waals surface area contributed by atoms with Gasteiger partial charge in [0.1, 0.15) is 0 Å². The van der Waals surface area contributed by atoms with Crippen LogP contribution in [0.15, 0.2) is 72.8 Å². The quantitative estimate of drug-likeness (QED) is 0.415. The van der Waals surface area contributed by atoms with Crippen LogP contribution in [0.3, 0.4) is 0 Å². The average molecular weight is 446 g/mol. The van der Waals surface area contributed by atoms with E-state index in [2.05, 4.69) is 79.4 Å². The molecular weight excluding hydrogens is 414 g/mol. The molecule has 3 aromatic carbocycles. The van der Waals surface area contributed by atoms with Crippen LogP contribution >= 0.6 is 11.6 Å². The summed E-state index contributed by atoms with van der Waals surface area (Å²) in [5.41, 5.74) is 6.39. The summed E-state index contributed by atoms with van der Waals surface area (Å²) >= 11 is 6.79. The van der Waals surface area contributed by atoms with Gasteiger partial charge < -0.3 is 4.74 Å². The Kier molecular flexibility index (Phi) is 6.37. The summed E-state index contributed by atoms with van der Waals surface area (Å²) in [5, 5.41) is 0.844. The highest BCUT2D eigenvalue weighted by Crippen LogP contribution is 2.45. The van der Waals surface area contributed by atoms with Gasteiger partial charge in [-0.15, -0.1) is 0 Å². The second-order valence-corrected chi connectivity index (χ2v) is 9.95.